The van der Waals surface area contributed by atoms with Crippen molar-refractivity contribution < 1.29 is 23.1 Å². The monoisotopic (exact) mass is 335 g/mol. The second-order valence-corrected chi connectivity index (χ2v) is 7.36. The van der Waals surface area contributed by atoms with Crippen molar-refractivity contribution in [2.75, 3.05) is 13.7 Å². The predicted octanol–water partition coefficient (Wildman–Crippen LogP) is 1.49. The van der Waals surface area contributed by atoms with E-state index in [2.05, 4.69) is 4.74 Å². The van der Waals surface area contributed by atoms with Crippen LogP contribution in [0.4, 0.5) is 0 Å². The molecule has 0 radical (unpaired) electrons. The van der Waals surface area contributed by atoms with Crippen molar-refractivity contribution in [3.05, 3.63) is 42.5 Å². The van der Waals surface area contributed by atoms with E-state index in [1.807, 2.05) is 24.3 Å². The van der Waals surface area contributed by atoms with E-state index in [0.717, 1.165) is 22.2 Å². The number of hydrogen-bond acceptors (Lipinski definition) is 5. The first kappa shape index (κ1) is 15.9. The third-order valence-corrected chi connectivity index (χ3v) is 6.03. The first-order valence-corrected chi connectivity index (χ1v) is 8.66. The summed E-state index contributed by atoms with van der Waals surface area (Å²) in [5, 5.41) is 12.2. The van der Waals surface area contributed by atoms with E-state index in [9.17, 15) is 18.3 Å². The molecule has 0 aromatic heterocycles. The Bertz CT molecular complexity index is 864. The number of nitrogens with zero attached hydrogens (tertiary/aromatic N) is 1. The van der Waals surface area contributed by atoms with E-state index in [-0.39, 0.29) is 17.9 Å². The van der Waals surface area contributed by atoms with Crippen molar-refractivity contribution in [1.82, 2.24) is 4.31 Å². The molecule has 0 saturated carbocycles. The number of sulfonamides is 1. The van der Waals surface area contributed by atoms with Crippen LogP contribution in [0.25, 0.3) is 10.8 Å². The Labute approximate surface area is 134 Å². The van der Waals surface area contributed by atoms with E-state index >= 15 is 0 Å². The molecule has 0 amide bonds. The molecule has 122 valence electrons. The minimum Gasteiger partial charge on any atom is -0.466 e. The molecule has 3 rings (SSSR count). The van der Waals surface area contributed by atoms with Crippen LogP contribution in [0.15, 0.2) is 47.4 Å². The van der Waals surface area contributed by atoms with E-state index < -0.39 is 21.7 Å². The number of carbonyl (C=O) groups excluding carboxylic acids is 1. The van der Waals surface area contributed by atoms with Crippen LogP contribution in [0.2, 0.25) is 0 Å². The molecule has 1 aliphatic heterocycles. The third kappa shape index (κ3) is 2.50. The summed E-state index contributed by atoms with van der Waals surface area (Å²) >= 11 is 0. The SMILES string of the molecule is COC(=O)C1(O)CCCN1S(=O)(=O)c1ccc2ccccc2c1. The number of ether oxygens (including phenoxy) is 1. The van der Waals surface area contributed by atoms with Crippen molar-refractivity contribution in [3.8, 4) is 0 Å². The average Bonchev–Trinajstić information content (AvgIpc) is 2.97. The Hall–Kier alpha value is -1.96. The lowest BCUT2D eigenvalue weighted by atomic mass is 10.1. The molecule has 1 N–H and O–H groups in total. The molecule has 6 nitrogen and oxygen atoms in total. The Morgan fingerprint density at radius 3 is 2.61 bits per heavy atom. The summed E-state index contributed by atoms with van der Waals surface area (Å²) in [4.78, 5) is 11.9. The highest BCUT2D eigenvalue weighted by Crippen LogP contribution is 2.34. The highest BCUT2D eigenvalue weighted by Gasteiger charge is 2.53. The molecule has 0 bridgehead atoms. The van der Waals surface area contributed by atoms with Gasteiger partial charge in [-0.05, 0) is 29.3 Å². The van der Waals surface area contributed by atoms with Crippen LogP contribution in [-0.2, 0) is 19.6 Å². The molecule has 0 aliphatic carbocycles. The smallest absolute Gasteiger partial charge is 0.354 e. The van der Waals surface area contributed by atoms with Gasteiger partial charge in [-0.3, -0.25) is 0 Å². The van der Waals surface area contributed by atoms with Crippen molar-refractivity contribution in [3.63, 3.8) is 0 Å². The molecular formula is C16H17NO5S. The van der Waals surface area contributed by atoms with Gasteiger partial charge in [0.15, 0.2) is 0 Å². The fourth-order valence-corrected chi connectivity index (χ4v) is 4.62. The lowest BCUT2D eigenvalue weighted by Crippen LogP contribution is -2.53. The number of carbonyl (C=O) groups is 1. The summed E-state index contributed by atoms with van der Waals surface area (Å²) in [6, 6.07) is 12.1. The van der Waals surface area contributed by atoms with Crippen LogP contribution in [0.1, 0.15) is 12.8 Å². The highest BCUT2D eigenvalue weighted by atomic mass is 32.2. The molecule has 7 heteroatoms. The summed E-state index contributed by atoms with van der Waals surface area (Å²) in [5.41, 5.74) is -2.14. The maximum Gasteiger partial charge on any atom is 0.354 e. The summed E-state index contributed by atoms with van der Waals surface area (Å²) in [6.45, 7) is 0.0702. The summed E-state index contributed by atoms with van der Waals surface area (Å²) < 4.78 is 31.1. The quantitative estimate of drug-likeness (QED) is 0.859. The number of aliphatic hydroxyl groups is 1. The second-order valence-electron chi connectivity index (χ2n) is 5.50. The lowest BCUT2D eigenvalue weighted by Gasteiger charge is -2.29. The van der Waals surface area contributed by atoms with Crippen molar-refractivity contribution in [2.24, 2.45) is 0 Å². The maximum atomic E-state index is 12.9. The molecule has 1 unspecified atom stereocenters. The van der Waals surface area contributed by atoms with Gasteiger partial charge >= 0.3 is 5.97 Å². The zero-order chi connectivity index (χ0) is 16.7. The van der Waals surface area contributed by atoms with E-state index in [1.54, 1.807) is 12.1 Å². The zero-order valence-corrected chi connectivity index (χ0v) is 13.4. The minimum absolute atomic E-state index is 0.0203. The van der Waals surface area contributed by atoms with Crippen LogP contribution in [0.5, 0.6) is 0 Å². The molecular weight excluding hydrogens is 318 g/mol. The summed E-state index contributed by atoms with van der Waals surface area (Å²) in [5.74, 6) is -0.959. The molecule has 23 heavy (non-hydrogen) atoms. The highest BCUT2D eigenvalue weighted by molar-refractivity contribution is 7.89. The van der Waals surface area contributed by atoms with Gasteiger partial charge in [0.1, 0.15) is 0 Å². The molecule has 1 saturated heterocycles. The Morgan fingerprint density at radius 2 is 1.91 bits per heavy atom. The van der Waals surface area contributed by atoms with Gasteiger partial charge in [0.2, 0.25) is 15.7 Å². The Balaban J connectivity index is 2.07. The van der Waals surface area contributed by atoms with Crippen LogP contribution < -0.4 is 0 Å². The standard InChI is InChI=1S/C16H17NO5S/c1-22-15(18)16(19)9-4-10-17(16)23(20,21)14-8-7-12-5-2-3-6-13(12)11-14/h2-3,5-8,11,19H,4,9-10H2,1H3. The predicted molar refractivity (Wildman–Crippen MR) is 84.0 cm³/mol. The van der Waals surface area contributed by atoms with Gasteiger partial charge in [-0.2, -0.15) is 4.31 Å². The minimum atomic E-state index is -4.01. The van der Waals surface area contributed by atoms with Gasteiger partial charge in [0.05, 0.1) is 12.0 Å². The zero-order valence-electron chi connectivity index (χ0n) is 12.6. The third-order valence-electron chi connectivity index (χ3n) is 4.12. The van der Waals surface area contributed by atoms with Crippen LogP contribution in [0.3, 0.4) is 0 Å². The number of methoxy groups -OCH3 is 1. The van der Waals surface area contributed by atoms with E-state index in [1.165, 1.54) is 6.07 Å². The molecule has 0 spiro atoms. The van der Waals surface area contributed by atoms with Gasteiger partial charge in [-0.25, -0.2) is 13.2 Å². The lowest BCUT2D eigenvalue weighted by molar-refractivity contribution is -0.172. The summed E-state index contributed by atoms with van der Waals surface area (Å²) in [6.07, 6.45) is 0.408. The van der Waals surface area contributed by atoms with Crippen molar-refractivity contribution in [1.29, 1.82) is 0 Å². The van der Waals surface area contributed by atoms with E-state index in [0.29, 0.717) is 6.42 Å². The second kappa shape index (κ2) is 5.59. The fourth-order valence-electron chi connectivity index (χ4n) is 2.92. The van der Waals surface area contributed by atoms with Crippen molar-refractivity contribution >= 4 is 26.8 Å². The number of benzene rings is 2. The maximum absolute atomic E-state index is 12.9. The van der Waals surface area contributed by atoms with Gasteiger partial charge in [-0.1, -0.05) is 30.3 Å². The Kier molecular flexibility index (Phi) is 3.87. The normalized spacial score (nSPS) is 22.3. The summed E-state index contributed by atoms with van der Waals surface area (Å²) in [7, 11) is -2.89. The molecule has 1 atom stereocenters. The topological polar surface area (TPSA) is 83.9 Å². The van der Waals surface area contributed by atoms with Crippen LogP contribution in [-0.4, -0.2) is 43.2 Å². The number of fused-ring (bicyclic) bond motifs is 1. The van der Waals surface area contributed by atoms with Gasteiger partial charge in [-0.15, -0.1) is 0 Å². The Morgan fingerprint density at radius 1 is 1.22 bits per heavy atom. The number of hydrogen-bond donors (Lipinski definition) is 1. The molecule has 2 aromatic carbocycles. The first-order valence-electron chi connectivity index (χ1n) is 7.22. The van der Waals surface area contributed by atoms with E-state index in [4.69, 9.17) is 0 Å². The van der Waals surface area contributed by atoms with Crippen LogP contribution in [0, 0.1) is 0 Å². The fraction of sp³-hybridized carbons (Fsp3) is 0.312. The van der Waals surface area contributed by atoms with Crippen LogP contribution >= 0.6 is 0 Å². The molecule has 1 heterocycles. The number of rotatable bonds is 3. The van der Waals surface area contributed by atoms with Crippen molar-refractivity contribution in [2.45, 2.75) is 23.5 Å². The van der Waals surface area contributed by atoms with Gasteiger partial charge in [0, 0.05) is 13.0 Å². The molecule has 1 fully saturated rings. The first-order chi connectivity index (χ1) is 10.9. The van der Waals surface area contributed by atoms with Gasteiger partial charge < -0.3 is 9.84 Å². The number of esters is 1. The molecule has 1 aliphatic rings. The van der Waals surface area contributed by atoms with Gasteiger partial charge in [0.25, 0.3) is 0 Å². The average molecular weight is 335 g/mol. The molecule has 2 aromatic rings. The largest absolute Gasteiger partial charge is 0.466 e.